The number of aliphatic hydroxyl groups is 2. The number of hydrogen-bond acceptors (Lipinski definition) is 8. The number of hydrogen-bond donors (Lipinski definition) is 2. The Morgan fingerprint density at radius 3 is 1.82 bits per heavy atom. The maximum Gasteiger partial charge on any atom is 0.336 e. The number of rotatable bonds is 9. The van der Waals surface area contributed by atoms with E-state index < -0.39 is 11.7 Å². The van der Waals surface area contributed by atoms with E-state index in [9.17, 15) is 9.59 Å². The average Bonchev–Trinajstić information content (AvgIpc) is 2.84. The highest BCUT2D eigenvalue weighted by Gasteiger charge is 2.04. The van der Waals surface area contributed by atoms with Crippen LogP contribution in [-0.4, -0.2) is 36.1 Å². The minimum atomic E-state index is -0.775. The van der Waals surface area contributed by atoms with E-state index in [-0.39, 0.29) is 18.8 Å². The van der Waals surface area contributed by atoms with E-state index in [2.05, 4.69) is 6.58 Å². The van der Waals surface area contributed by atoms with Crippen LogP contribution in [0.25, 0.3) is 21.9 Å². The molecular weight excluding hydrogens is 440 g/mol. The number of benzene rings is 2. The molecule has 0 saturated carbocycles. The minimum Gasteiger partial charge on any atom is -0.493 e. The van der Waals surface area contributed by atoms with E-state index in [1.807, 2.05) is 12.1 Å². The van der Waals surface area contributed by atoms with Crippen molar-refractivity contribution in [2.45, 2.75) is 18.9 Å². The molecule has 2 aromatic heterocycles. The Labute approximate surface area is 195 Å². The second-order valence-electron chi connectivity index (χ2n) is 7.31. The van der Waals surface area contributed by atoms with Crippen LogP contribution >= 0.6 is 0 Å². The predicted octanol–water partition coefficient (Wildman–Crippen LogP) is 3.66. The van der Waals surface area contributed by atoms with Gasteiger partial charge in [0.1, 0.15) is 22.7 Å². The van der Waals surface area contributed by atoms with Crippen molar-refractivity contribution in [1.29, 1.82) is 0 Å². The van der Waals surface area contributed by atoms with Crippen molar-refractivity contribution >= 4 is 21.9 Å². The Balaban J connectivity index is 0.000000192. The molecule has 2 N–H and O–H groups in total. The summed E-state index contributed by atoms with van der Waals surface area (Å²) < 4.78 is 20.9. The SMILES string of the molecule is C=CCCOc1ccc2ccc(=O)oc2c1.O=c1ccc2ccc(OCCC(O)CO)cc2o1. The quantitative estimate of drug-likeness (QED) is 0.218. The van der Waals surface area contributed by atoms with E-state index in [1.165, 1.54) is 12.1 Å². The molecule has 0 aliphatic rings. The highest BCUT2D eigenvalue weighted by Crippen LogP contribution is 2.20. The van der Waals surface area contributed by atoms with E-state index in [0.29, 0.717) is 35.7 Å². The van der Waals surface area contributed by atoms with Crippen molar-refractivity contribution in [2.75, 3.05) is 19.8 Å². The zero-order chi connectivity index (χ0) is 24.3. The van der Waals surface area contributed by atoms with E-state index in [4.69, 9.17) is 28.5 Å². The van der Waals surface area contributed by atoms with Crippen LogP contribution in [0.4, 0.5) is 0 Å². The molecule has 4 rings (SSSR count). The number of aliphatic hydroxyl groups excluding tert-OH is 2. The van der Waals surface area contributed by atoms with Gasteiger partial charge < -0.3 is 28.5 Å². The summed E-state index contributed by atoms with van der Waals surface area (Å²) in [6, 6.07) is 16.8. The lowest BCUT2D eigenvalue weighted by atomic mass is 10.2. The Bertz CT molecular complexity index is 1340. The van der Waals surface area contributed by atoms with Gasteiger partial charge in [0.2, 0.25) is 0 Å². The van der Waals surface area contributed by atoms with Crippen molar-refractivity contribution < 1.29 is 28.5 Å². The van der Waals surface area contributed by atoms with Crippen LogP contribution in [0.15, 0.2) is 91.7 Å². The minimum absolute atomic E-state index is 0.282. The summed E-state index contributed by atoms with van der Waals surface area (Å²) in [5.74, 6) is 1.26. The normalized spacial score (nSPS) is 11.5. The van der Waals surface area contributed by atoms with Crippen molar-refractivity contribution in [1.82, 2.24) is 0 Å². The van der Waals surface area contributed by atoms with Gasteiger partial charge in [-0.25, -0.2) is 9.59 Å². The molecule has 2 heterocycles. The summed E-state index contributed by atoms with van der Waals surface area (Å²) in [6.07, 6.45) is 2.15. The van der Waals surface area contributed by atoms with Gasteiger partial charge in [0, 0.05) is 41.5 Å². The van der Waals surface area contributed by atoms with Crippen molar-refractivity contribution in [3.8, 4) is 11.5 Å². The number of fused-ring (bicyclic) bond motifs is 2. The third-order valence-corrected chi connectivity index (χ3v) is 4.71. The Morgan fingerprint density at radius 2 is 1.32 bits per heavy atom. The predicted molar refractivity (Wildman–Crippen MR) is 128 cm³/mol. The first kappa shape index (κ1) is 24.8. The van der Waals surface area contributed by atoms with Gasteiger partial charge in [0.25, 0.3) is 0 Å². The van der Waals surface area contributed by atoms with Gasteiger partial charge in [0.15, 0.2) is 0 Å². The van der Waals surface area contributed by atoms with Crippen LogP contribution in [0.1, 0.15) is 12.8 Å². The van der Waals surface area contributed by atoms with Gasteiger partial charge in [-0.05, 0) is 42.8 Å². The Hall–Kier alpha value is -3.88. The summed E-state index contributed by atoms with van der Waals surface area (Å²) in [7, 11) is 0. The van der Waals surface area contributed by atoms with Crippen molar-refractivity contribution in [3.63, 3.8) is 0 Å². The first-order valence-electron chi connectivity index (χ1n) is 10.7. The van der Waals surface area contributed by atoms with Gasteiger partial charge in [0.05, 0.1) is 25.9 Å². The molecule has 1 atom stereocenters. The van der Waals surface area contributed by atoms with Crippen LogP contribution in [0.2, 0.25) is 0 Å². The molecule has 0 radical (unpaired) electrons. The zero-order valence-electron chi connectivity index (χ0n) is 18.5. The smallest absolute Gasteiger partial charge is 0.336 e. The summed E-state index contributed by atoms with van der Waals surface area (Å²) in [5.41, 5.74) is 0.248. The van der Waals surface area contributed by atoms with Gasteiger partial charge in [-0.3, -0.25) is 0 Å². The molecule has 0 amide bonds. The third kappa shape index (κ3) is 7.33. The molecule has 8 heteroatoms. The average molecular weight is 466 g/mol. The standard InChI is InChI=1S/C13H14O5.C13H12O3/c14-8-10(15)5-6-17-11-3-1-9-2-4-13(16)18-12(9)7-11;1-2-3-8-15-11-6-4-10-5-7-13(14)16-12(10)9-11/h1-4,7,10,14-15H,5-6,8H2;2,4-7,9H,1,3,8H2. The van der Waals surface area contributed by atoms with Crippen LogP contribution in [0.5, 0.6) is 11.5 Å². The molecule has 0 fully saturated rings. The fourth-order valence-corrected chi connectivity index (χ4v) is 2.93. The summed E-state index contributed by atoms with van der Waals surface area (Å²) in [5, 5.41) is 19.5. The molecule has 4 aromatic rings. The maximum absolute atomic E-state index is 11.1. The maximum atomic E-state index is 11.1. The monoisotopic (exact) mass is 466 g/mol. The summed E-state index contributed by atoms with van der Waals surface area (Å²) in [4.78, 5) is 22.1. The highest BCUT2D eigenvalue weighted by atomic mass is 16.5. The molecule has 0 bridgehead atoms. The van der Waals surface area contributed by atoms with E-state index in [0.717, 1.165) is 17.2 Å². The van der Waals surface area contributed by atoms with Gasteiger partial charge in [-0.2, -0.15) is 0 Å². The molecule has 34 heavy (non-hydrogen) atoms. The van der Waals surface area contributed by atoms with Crippen molar-refractivity contribution in [3.05, 3.63) is 94.2 Å². The van der Waals surface area contributed by atoms with Crippen molar-refractivity contribution in [2.24, 2.45) is 0 Å². The van der Waals surface area contributed by atoms with Gasteiger partial charge >= 0.3 is 11.3 Å². The summed E-state index contributed by atoms with van der Waals surface area (Å²) >= 11 is 0. The molecule has 0 aliphatic carbocycles. The second-order valence-corrected chi connectivity index (χ2v) is 7.31. The fraction of sp³-hybridized carbons (Fsp3) is 0.231. The molecule has 178 valence electrons. The van der Waals surface area contributed by atoms with Crippen LogP contribution < -0.4 is 20.7 Å². The van der Waals surface area contributed by atoms with Gasteiger partial charge in [-0.15, -0.1) is 6.58 Å². The van der Waals surface area contributed by atoms with E-state index in [1.54, 1.807) is 42.5 Å². The summed E-state index contributed by atoms with van der Waals surface area (Å²) in [6.45, 7) is 4.19. The third-order valence-electron chi connectivity index (χ3n) is 4.71. The highest BCUT2D eigenvalue weighted by molar-refractivity contribution is 5.78. The fourth-order valence-electron chi connectivity index (χ4n) is 2.93. The molecule has 0 saturated heterocycles. The topological polar surface area (TPSA) is 119 Å². The zero-order valence-corrected chi connectivity index (χ0v) is 18.5. The lowest BCUT2D eigenvalue weighted by Gasteiger charge is -2.09. The molecule has 8 nitrogen and oxygen atoms in total. The first-order valence-corrected chi connectivity index (χ1v) is 10.7. The Kier molecular flexibility index (Phi) is 9.02. The van der Waals surface area contributed by atoms with Gasteiger partial charge in [-0.1, -0.05) is 6.08 Å². The molecular formula is C26H26O8. The first-order chi connectivity index (χ1) is 16.5. The van der Waals surface area contributed by atoms with Crippen LogP contribution in [0.3, 0.4) is 0 Å². The second kappa shape index (κ2) is 12.4. The lowest BCUT2D eigenvalue weighted by molar-refractivity contribution is 0.0754. The van der Waals surface area contributed by atoms with Crippen LogP contribution in [0, 0.1) is 0 Å². The molecule has 1 unspecified atom stereocenters. The lowest BCUT2D eigenvalue weighted by Crippen LogP contribution is -2.15. The Morgan fingerprint density at radius 1 is 0.824 bits per heavy atom. The van der Waals surface area contributed by atoms with E-state index >= 15 is 0 Å². The molecule has 0 spiro atoms. The largest absolute Gasteiger partial charge is 0.493 e. The molecule has 0 aliphatic heterocycles. The van der Waals surface area contributed by atoms with Crippen LogP contribution in [-0.2, 0) is 0 Å². The number of ether oxygens (including phenoxy) is 2. The molecule has 2 aromatic carbocycles.